The van der Waals surface area contributed by atoms with Crippen LogP contribution in [-0.2, 0) is 0 Å². The molecule has 0 bridgehead atoms. The second-order valence-electron chi connectivity index (χ2n) is 5.52. The highest BCUT2D eigenvalue weighted by Crippen LogP contribution is 2.27. The van der Waals surface area contributed by atoms with Crippen LogP contribution in [0.15, 0.2) is 52.3 Å². The van der Waals surface area contributed by atoms with Gasteiger partial charge in [0.2, 0.25) is 0 Å². The lowest BCUT2D eigenvalue weighted by molar-refractivity contribution is 0.0974. The second kappa shape index (κ2) is 9.13. The first kappa shape index (κ1) is 20.2. The van der Waals surface area contributed by atoms with Gasteiger partial charge in [-0.2, -0.15) is 0 Å². The molecule has 0 saturated heterocycles. The van der Waals surface area contributed by atoms with Crippen LogP contribution in [-0.4, -0.2) is 30.2 Å². The summed E-state index contributed by atoms with van der Waals surface area (Å²) in [6.07, 6.45) is 0. The maximum absolute atomic E-state index is 12.5. The molecule has 3 rings (SSSR count). The molecule has 1 heterocycles. The first-order valence-corrected chi connectivity index (χ1v) is 10.1. The average Bonchev–Trinajstić information content (AvgIpc) is 3.16. The molecule has 0 aliphatic carbocycles. The highest BCUT2D eigenvalue weighted by atomic mass is 79.9. The largest absolute Gasteiger partial charge is 0.497 e. The van der Waals surface area contributed by atoms with Crippen molar-refractivity contribution in [2.45, 2.75) is 0 Å². The van der Waals surface area contributed by atoms with Crippen LogP contribution in [0.1, 0.15) is 10.4 Å². The Kier molecular flexibility index (Phi) is 6.61. The molecule has 1 amide bonds. The Hall–Kier alpha value is -2.49. The minimum absolute atomic E-state index is 0.152. The number of anilines is 1. The van der Waals surface area contributed by atoms with E-state index in [0.29, 0.717) is 22.2 Å². The number of benzene rings is 2. The van der Waals surface area contributed by atoms with E-state index in [9.17, 15) is 4.79 Å². The van der Waals surface area contributed by atoms with Crippen LogP contribution >= 0.6 is 39.5 Å². The molecule has 144 valence electrons. The van der Waals surface area contributed by atoms with E-state index < -0.39 is 0 Å². The summed E-state index contributed by atoms with van der Waals surface area (Å²) in [5, 5.41) is 8.23. The molecule has 6 nitrogen and oxygen atoms in total. The number of carbonyl (C=O) groups is 1. The van der Waals surface area contributed by atoms with Gasteiger partial charge in [0.25, 0.3) is 5.91 Å². The zero-order valence-electron chi connectivity index (χ0n) is 15.0. The number of carbonyl (C=O) groups excluding carboxylic acids is 1. The molecule has 2 aromatic carbocycles. The number of thiocarbonyl (C=S) groups is 1. The van der Waals surface area contributed by atoms with Gasteiger partial charge in [-0.1, -0.05) is 28.1 Å². The molecule has 0 saturated carbocycles. The zero-order chi connectivity index (χ0) is 20.1. The average molecular weight is 478 g/mol. The van der Waals surface area contributed by atoms with Gasteiger partial charge in [-0.3, -0.25) is 10.1 Å². The smallest absolute Gasteiger partial charge is 0.261 e. The maximum atomic E-state index is 12.5. The van der Waals surface area contributed by atoms with Gasteiger partial charge in [-0.05, 0) is 36.5 Å². The van der Waals surface area contributed by atoms with Gasteiger partial charge in [-0.25, -0.2) is 4.98 Å². The third kappa shape index (κ3) is 4.86. The summed E-state index contributed by atoms with van der Waals surface area (Å²) in [6.45, 7) is 0. The highest BCUT2D eigenvalue weighted by Gasteiger charge is 2.15. The van der Waals surface area contributed by atoms with Crippen molar-refractivity contribution in [2.24, 2.45) is 0 Å². The van der Waals surface area contributed by atoms with E-state index in [0.717, 1.165) is 15.7 Å². The van der Waals surface area contributed by atoms with Crippen molar-refractivity contribution in [1.29, 1.82) is 0 Å². The first-order valence-electron chi connectivity index (χ1n) is 8.06. The lowest BCUT2D eigenvalue weighted by Crippen LogP contribution is -2.34. The highest BCUT2D eigenvalue weighted by molar-refractivity contribution is 9.10. The number of halogens is 1. The van der Waals surface area contributed by atoms with Crippen molar-refractivity contribution in [2.75, 3.05) is 19.5 Å². The molecule has 0 aliphatic rings. The van der Waals surface area contributed by atoms with Crippen molar-refractivity contribution in [3.05, 3.63) is 57.9 Å². The van der Waals surface area contributed by atoms with Crippen LogP contribution in [0.2, 0.25) is 0 Å². The number of nitrogens with one attached hydrogen (secondary N) is 2. The van der Waals surface area contributed by atoms with Gasteiger partial charge in [0.1, 0.15) is 11.5 Å². The summed E-state index contributed by atoms with van der Waals surface area (Å²) in [4.78, 5) is 17.0. The van der Waals surface area contributed by atoms with Gasteiger partial charge < -0.3 is 14.8 Å². The Morgan fingerprint density at radius 1 is 1.14 bits per heavy atom. The van der Waals surface area contributed by atoms with E-state index >= 15 is 0 Å². The molecule has 0 atom stereocenters. The topological polar surface area (TPSA) is 72.5 Å². The fourth-order valence-electron chi connectivity index (χ4n) is 2.37. The molecule has 1 aromatic heterocycles. The summed E-state index contributed by atoms with van der Waals surface area (Å²) >= 11 is 10.0. The summed E-state index contributed by atoms with van der Waals surface area (Å²) in [6, 6.07) is 12.8. The SMILES string of the molecule is COc1ccc(C(=O)NC(=S)Nc2nc(-c3ccc(Br)cc3)cs2)c(OC)c1. The molecule has 0 fully saturated rings. The van der Waals surface area contributed by atoms with Gasteiger partial charge in [0.15, 0.2) is 10.2 Å². The Labute approximate surface area is 180 Å². The molecule has 9 heteroatoms. The maximum Gasteiger partial charge on any atom is 0.261 e. The van der Waals surface area contributed by atoms with Gasteiger partial charge >= 0.3 is 0 Å². The molecular weight excluding hydrogens is 462 g/mol. The van der Waals surface area contributed by atoms with Gasteiger partial charge in [0.05, 0.1) is 25.5 Å². The predicted molar refractivity (Wildman–Crippen MR) is 118 cm³/mol. The second-order valence-corrected chi connectivity index (χ2v) is 7.70. The fourth-order valence-corrected chi connectivity index (χ4v) is 3.61. The van der Waals surface area contributed by atoms with Crippen molar-refractivity contribution < 1.29 is 14.3 Å². The number of hydrogen-bond acceptors (Lipinski definition) is 6. The van der Waals surface area contributed by atoms with Crippen molar-refractivity contribution in [1.82, 2.24) is 10.3 Å². The number of thiazole rings is 1. The third-order valence-electron chi connectivity index (χ3n) is 3.75. The van der Waals surface area contributed by atoms with Gasteiger partial charge in [-0.15, -0.1) is 11.3 Å². The lowest BCUT2D eigenvalue weighted by Gasteiger charge is -2.11. The molecule has 0 radical (unpaired) electrons. The van der Waals surface area contributed by atoms with E-state index in [4.69, 9.17) is 21.7 Å². The molecule has 3 aromatic rings. The van der Waals surface area contributed by atoms with Crippen molar-refractivity contribution in [3.8, 4) is 22.8 Å². The number of aromatic nitrogens is 1. The number of nitrogens with zero attached hydrogens (tertiary/aromatic N) is 1. The summed E-state index contributed by atoms with van der Waals surface area (Å²) in [5.74, 6) is 0.602. The summed E-state index contributed by atoms with van der Waals surface area (Å²) < 4.78 is 11.4. The van der Waals surface area contributed by atoms with Crippen LogP contribution in [0, 0.1) is 0 Å². The minimum Gasteiger partial charge on any atom is -0.497 e. The van der Waals surface area contributed by atoms with E-state index in [1.54, 1.807) is 25.3 Å². The number of rotatable bonds is 5. The Bertz CT molecular complexity index is 1010. The molecule has 0 aliphatic heterocycles. The zero-order valence-corrected chi connectivity index (χ0v) is 18.2. The van der Waals surface area contributed by atoms with Crippen LogP contribution in [0.25, 0.3) is 11.3 Å². The van der Waals surface area contributed by atoms with E-state index in [1.165, 1.54) is 18.4 Å². The Balaban J connectivity index is 1.66. The number of ether oxygens (including phenoxy) is 2. The standard InChI is InChI=1S/C19H16BrN3O3S2/c1-25-13-7-8-14(16(9-13)26-2)17(24)22-18(27)23-19-21-15(10-28-19)11-3-5-12(20)6-4-11/h3-10H,1-2H3,(H2,21,22,23,24,27). The molecular formula is C19H16BrN3O3S2. The first-order chi connectivity index (χ1) is 13.5. The molecule has 0 spiro atoms. The fraction of sp³-hybridized carbons (Fsp3) is 0.105. The monoisotopic (exact) mass is 477 g/mol. The Morgan fingerprint density at radius 3 is 2.57 bits per heavy atom. The summed E-state index contributed by atoms with van der Waals surface area (Å²) in [7, 11) is 3.03. The van der Waals surface area contributed by atoms with Crippen LogP contribution in [0.5, 0.6) is 11.5 Å². The van der Waals surface area contributed by atoms with E-state index in [2.05, 4.69) is 31.5 Å². The number of hydrogen-bond donors (Lipinski definition) is 2. The molecule has 28 heavy (non-hydrogen) atoms. The van der Waals surface area contributed by atoms with Crippen LogP contribution in [0.4, 0.5) is 5.13 Å². The van der Waals surface area contributed by atoms with Crippen LogP contribution in [0.3, 0.4) is 0 Å². The Morgan fingerprint density at radius 2 is 1.89 bits per heavy atom. The van der Waals surface area contributed by atoms with Crippen molar-refractivity contribution >= 4 is 55.6 Å². The van der Waals surface area contributed by atoms with E-state index in [-0.39, 0.29) is 11.0 Å². The quantitative estimate of drug-likeness (QED) is 0.518. The number of amides is 1. The molecule has 2 N–H and O–H groups in total. The van der Waals surface area contributed by atoms with Crippen molar-refractivity contribution in [3.63, 3.8) is 0 Å². The lowest BCUT2D eigenvalue weighted by atomic mass is 10.2. The third-order valence-corrected chi connectivity index (χ3v) is 5.24. The summed E-state index contributed by atoms with van der Waals surface area (Å²) in [5.41, 5.74) is 2.17. The van der Waals surface area contributed by atoms with Crippen LogP contribution < -0.4 is 20.1 Å². The molecule has 0 unspecified atom stereocenters. The minimum atomic E-state index is -0.387. The number of methoxy groups -OCH3 is 2. The van der Waals surface area contributed by atoms with Gasteiger partial charge in [0, 0.05) is 21.5 Å². The normalized spacial score (nSPS) is 10.2. The predicted octanol–water partition coefficient (Wildman–Crippen LogP) is 4.72. The van der Waals surface area contributed by atoms with E-state index in [1.807, 2.05) is 29.6 Å².